The molecule has 0 radical (unpaired) electrons. The number of nitro groups is 1. The zero-order chi connectivity index (χ0) is 10.7. The molecule has 3 nitrogen and oxygen atoms in total. The number of rotatable bonds is 2. The van der Waals surface area contributed by atoms with Crippen LogP contribution in [0.5, 0.6) is 0 Å². The van der Waals surface area contributed by atoms with Crippen molar-refractivity contribution in [2.45, 2.75) is 13.8 Å². The van der Waals surface area contributed by atoms with Gasteiger partial charge in [0.15, 0.2) is 0 Å². The van der Waals surface area contributed by atoms with Crippen LogP contribution in [-0.2, 0) is 0 Å². The summed E-state index contributed by atoms with van der Waals surface area (Å²) in [5.41, 5.74) is 1.16. The van der Waals surface area contributed by atoms with Gasteiger partial charge in [0.1, 0.15) is 5.82 Å². The molecule has 0 atom stereocenters. The van der Waals surface area contributed by atoms with E-state index in [1.807, 2.05) is 0 Å². The highest BCUT2D eigenvalue weighted by Gasteiger charge is 2.03. The van der Waals surface area contributed by atoms with Crippen molar-refractivity contribution in [1.29, 1.82) is 0 Å². The molecule has 74 valence electrons. The Morgan fingerprint density at radius 1 is 1.57 bits per heavy atom. The number of nitrogens with zero attached hydrogens (tertiary/aromatic N) is 1. The Hall–Kier alpha value is -1.71. The van der Waals surface area contributed by atoms with Gasteiger partial charge < -0.3 is 0 Å². The van der Waals surface area contributed by atoms with E-state index in [9.17, 15) is 14.5 Å². The number of hydrogen-bond acceptors (Lipinski definition) is 2. The molecule has 0 amide bonds. The van der Waals surface area contributed by atoms with Gasteiger partial charge in [0.05, 0.1) is 4.92 Å². The molecule has 1 aromatic rings. The van der Waals surface area contributed by atoms with E-state index in [0.29, 0.717) is 11.1 Å². The monoisotopic (exact) mass is 195 g/mol. The lowest BCUT2D eigenvalue weighted by Gasteiger charge is -1.97. The van der Waals surface area contributed by atoms with Crippen molar-refractivity contribution < 1.29 is 9.31 Å². The molecule has 0 aliphatic rings. The first-order valence-corrected chi connectivity index (χ1v) is 4.09. The van der Waals surface area contributed by atoms with Crippen LogP contribution in [0.4, 0.5) is 4.39 Å². The summed E-state index contributed by atoms with van der Waals surface area (Å²) in [6, 6.07) is 4.38. The van der Waals surface area contributed by atoms with Crippen LogP contribution in [-0.4, -0.2) is 4.92 Å². The topological polar surface area (TPSA) is 43.1 Å². The molecule has 4 heteroatoms. The van der Waals surface area contributed by atoms with Crippen molar-refractivity contribution in [2.75, 3.05) is 0 Å². The third-order valence-electron chi connectivity index (χ3n) is 1.85. The average Bonchev–Trinajstić information content (AvgIpc) is 2.11. The molecule has 0 saturated carbocycles. The number of benzene rings is 1. The molecule has 0 aromatic heterocycles. The van der Waals surface area contributed by atoms with Crippen molar-refractivity contribution in [3.63, 3.8) is 0 Å². The number of aryl methyl sites for hydroxylation is 1. The summed E-state index contributed by atoms with van der Waals surface area (Å²) in [4.78, 5) is 9.85. The highest BCUT2D eigenvalue weighted by Crippen LogP contribution is 2.12. The van der Waals surface area contributed by atoms with Gasteiger partial charge in [-0.1, -0.05) is 6.07 Å². The maximum absolute atomic E-state index is 12.8. The Morgan fingerprint density at radius 3 is 2.71 bits per heavy atom. The molecule has 0 heterocycles. The van der Waals surface area contributed by atoms with E-state index in [1.54, 1.807) is 13.0 Å². The van der Waals surface area contributed by atoms with Gasteiger partial charge in [-0.25, -0.2) is 4.39 Å². The molecule has 0 fully saturated rings. The molecular weight excluding hydrogens is 185 g/mol. The quantitative estimate of drug-likeness (QED) is 0.538. The van der Waals surface area contributed by atoms with Gasteiger partial charge in [-0.2, -0.15) is 0 Å². The van der Waals surface area contributed by atoms with Gasteiger partial charge in [0.2, 0.25) is 5.70 Å². The Bertz CT molecular complexity index is 399. The highest BCUT2D eigenvalue weighted by molar-refractivity contribution is 5.51. The van der Waals surface area contributed by atoms with Crippen molar-refractivity contribution in [2.24, 2.45) is 0 Å². The van der Waals surface area contributed by atoms with Crippen molar-refractivity contribution in [1.82, 2.24) is 0 Å². The van der Waals surface area contributed by atoms with Crippen LogP contribution in [0.1, 0.15) is 18.1 Å². The second-order valence-corrected chi connectivity index (χ2v) is 3.05. The standard InChI is InChI=1S/C10H10FNO2/c1-7-5-9(3-4-10(7)11)6-8(2)12(13)14/h3-6H,1-2H3. The van der Waals surface area contributed by atoms with Crippen molar-refractivity contribution in [3.05, 3.63) is 51.0 Å². The summed E-state index contributed by atoms with van der Waals surface area (Å²) in [6.45, 7) is 3.02. The largest absolute Gasteiger partial charge is 0.259 e. The zero-order valence-corrected chi connectivity index (χ0v) is 7.95. The lowest BCUT2D eigenvalue weighted by molar-refractivity contribution is -0.422. The SMILES string of the molecule is CC(=Cc1ccc(F)c(C)c1)[N+](=O)[O-]. The summed E-state index contributed by atoms with van der Waals surface area (Å²) in [5, 5.41) is 10.3. The van der Waals surface area contributed by atoms with Crippen molar-refractivity contribution >= 4 is 6.08 Å². The molecule has 0 bridgehead atoms. The minimum Gasteiger partial charge on any atom is -0.259 e. The lowest BCUT2D eigenvalue weighted by atomic mass is 10.1. The van der Waals surface area contributed by atoms with Gasteiger partial charge in [-0.05, 0) is 30.2 Å². The maximum atomic E-state index is 12.8. The third-order valence-corrected chi connectivity index (χ3v) is 1.85. The van der Waals surface area contributed by atoms with Crippen LogP contribution < -0.4 is 0 Å². The third kappa shape index (κ3) is 2.39. The zero-order valence-electron chi connectivity index (χ0n) is 7.95. The Labute approximate surface area is 81.0 Å². The summed E-state index contributed by atoms with van der Waals surface area (Å²) in [6.07, 6.45) is 1.41. The van der Waals surface area contributed by atoms with E-state index < -0.39 is 4.92 Å². The van der Waals surface area contributed by atoms with Gasteiger partial charge in [0, 0.05) is 13.0 Å². The summed E-state index contributed by atoms with van der Waals surface area (Å²) in [5.74, 6) is -0.305. The molecule has 1 rings (SSSR count). The van der Waals surface area contributed by atoms with E-state index in [1.165, 1.54) is 25.1 Å². The van der Waals surface area contributed by atoms with E-state index in [-0.39, 0.29) is 11.5 Å². The first-order chi connectivity index (χ1) is 6.50. The fourth-order valence-electron chi connectivity index (χ4n) is 1.05. The minimum absolute atomic E-state index is 0.0380. The van der Waals surface area contributed by atoms with Gasteiger partial charge in [-0.15, -0.1) is 0 Å². The molecule has 0 unspecified atom stereocenters. The molecule has 0 aliphatic carbocycles. The first-order valence-electron chi connectivity index (χ1n) is 4.09. The second-order valence-electron chi connectivity index (χ2n) is 3.05. The summed E-state index contributed by atoms with van der Waals surface area (Å²) >= 11 is 0. The molecule has 0 spiro atoms. The maximum Gasteiger partial charge on any atom is 0.243 e. The van der Waals surface area contributed by atoms with E-state index >= 15 is 0 Å². The minimum atomic E-state index is -0.474. The highest BCUT2D eigenvalue weighted by atomic mass is 19.1. The Morgan fingerprint density at radius 2 is 2.21 bits per heavy atom. The summed E-state index contributed by atoms with van der Waals surface area (Å²) < 4.78 is 12.8. The molecule has 0 N–H and O–H groups in total. The predicted octanol–water partition coefficient (Wildman–Crippen LogP) is 2.77. The van der Waals surface area contributed by atoms with Crippen LogP contribution in [0.2, 0.25) is 0 Å². The van der Waals surface area contributed by atoms with E-state index in [0.717, 1.165) is 0 Å². The van der Waals surface area contributed by atoms with Crippen LogP contribution in [0.25, 0.3) is 6.08 Å². The predicted molar refractivity (Wildman–Crippen MR) is 51.8 cm³/mol. The van der Waals surface area contributed by atoms with Gasteiger partial charge in [-0.3, -0.25) is 10.1 Å². The summed E-state index contributed by atoms with van der Waals surface area (Å²) in [7, 11) is 0. The normalized spacial score (nSPS) is 11.5. The lowest BCUT2D eigenvalue weighted by Crippen LogP contribution is -1.93. The Kier molecular flexibility index (Phi) is 2.96. The molecular formula is C10H10FNO2. The average molecular weight is 195 g/mol. The number of halogens is 1. The van der Waals surface area contributed by atoms with Crippen LogP contribution in [0.15, 0.2) is 23.9 Å². The van der Waals surface area contributed by atoms with Gasteiger partial charge >= 0.3 is 0 Å². The molecule has 0 saturated heterocycles. The fraction of sp³-hybridized carbons (Fsp3) is 0.200. The number of allylic oxidation sites excluding steroid dienone is 1. The molecule has 1 aromatic carbocycles. The van der Waals surface area contributed by atoms with Crippen LogP contribution >= 0.6 is 0 Å². The smallest absolute Gasteiger partial charge is 0.243 e. The molecule has 0 aliphatic heterocycles. The van der Waals surface area contributed by atoms with E-state index in [2.05, 4.69) is 0 Å². The first kappa shape index (κ1) is 10.4. The second kappa shape index (κ2) is 4.00. The fourth-order valence-corrected chi connectivity index (χ4v) is 1.05. The Balaban J connectivity index is 3.04. The van der Waals surface area contributed by atoms with Crippen LogP contribution in [0.3, 0.4) is 0 Å². The van der Waals surface area contributed by atoms with Crippen LogP contribution in [0, 0.1) is 22.9 Å². The van der Waals surface area contributed by atoms with E-state index in [4.69, 9.17) is 0 Å². The van der Waals surface area contributed by atoms with Gasteiger partial charge in [0.25, 0.3) is 0 Å². The van der Waals surface area contributed by atoms with Crippen molar-refractivity contribution in [3.8, 4) is 0 Å². The molecule has 14 heavy (non-hydrogen) atoms. The number of hydrogen-bond donors (Lipinski definition) is 0.